The molecule has 1 aliphatic rings. The summed E-state index contributed by atoms with van der Waals surface area (Å²) in [5.74, 6) is -0.463. The number of nitrogens with one attached hydrogen (secondary N) is 1. The van der Waals surface area contributed by atoms with Gasteiger partial charge in [-0.15, -0.1) is 0 Å². The van der Waals surface area contributed by atoms with Crippen molar-refractivity contribution in [3.05, 3.63) is 64.6 Å². The first kappa shape index (κ1) is 24.1. The lowest BCUT2D eigenvalue weighted by atomic mass is 10.0. The number of carbonyl (C=O) groups is 1. The van der Waals surface area contributed by atoms with E-state index in [9.17, 15) is 18.0 Å². The predicted octanol–water partition coefficient (Wildman–Crippen LogP) is 4.01. The van der Waals surface area contributed by atoms with E-state index in [2.05, 4.69) is 10.4 Å². The summed E-state index contributed by atoms with van der Waals surface area (Å²) in [7, 11) is -3.63. The molecule has 34 heavy (non-hydrogen) atoms. The molecule has 8 nitrogen and oxygen atoms in total. The summed E-state index contributed by atoms with van der Waals surface area (Å²) in [5, 5.41) is 8.01. The number of piperidine rings is 1. The van der Waals surface area contributed by atoms with Crippen LogP contribution in [-0.2, 0) is 16.6 Å². The normalized spacial score (nSPS) is 19.3. The molecule has 9 heteroatoms. The van der Waals surface area contributed by atoms with Crippen molar-refractivity contribution in [3.8, 4) is 0 Å². The summed E-state index contributed by atoms with van der Waals surface area (Å²) in [6, 6.07) is 13.0. The first-order valence-corrected chi connectivity index (χ1v) is 13.1. The minimum absolute atomic E-state index is 0.0497. The van der Waals surface area contributed by atoms with E-state index < -0.39 is 15.9 Å². The van der Waals surface area contributed by atoms with Crippen molar-refractivity contribution in [2.75, 3.05) is 5.32 Å². The van der Waals surface area contributed by atoms with Gasteiger partial charge in [0.25, 0.3) is 11.5 Å². The molecule has 3 aromatic rings. The molecule has 1 aliphatic heterocycles. The van der Waals surface area contributed by atoms with E-state index in [1.807, 2.05) is 20.8 Å². The molecule has 1 amide bonds. The fourth-order valence-corrected chi connectivity index (χ4v) is 6.54. The van der Waals surface area contributed by atoms with Gasteiger partial charge in [0.15, 0.2) is 5.69 Å². The fraction of sp³-hybridized carbons (Fsp3) is 0.400. The number of rotatable bonds is 6. The number of benzene rings is 2. The van der Waals surface area contributed by atoms with E-state index in [0.29, 0.717) is 29.4 Å². The minimum atomic E-state index is -3.63. The predicted molar refractivity (Wildman–Crippen MR) is 132 cm³/mol. The van der Waals surface area contributed by atoms with Crippen LogP contribution in [0, 0.1) is 0 Å². The number of sulfonamides is 1. The summed E-state index contributed by atoms with van der Waals surface area (Å²) < 4.78 is 29.4. The van der Waals surface area contributed by atoms with Gasteiger partial charge in [0, 0.05) is 29.7 Å². The molecule has 0 saturated carbocycles. The number of aromatic nitrogens is 2. The molecule has 0 radical (unpaired) electrons. The van der Waals surface area contributed by atoms with Gasteiger partial charge in [-0.25, -0.2) is 13.1 Å². The Balaban J connectivity index is 1.61. The van der Waals surface area contributed by atoms with Crippen molar-refractivity contribution in [3.63, 3.8) is 0 Å². The molecule has 0 unspecified atom stereocenters. The maximum absolute atomic E-state index is 13.2. The molecular weight excluding hydrogens is 452 g/mol. The Hall–Kier alpha value is -3.04. The molecule has 0 bridgehead atoms. The Bertz CT molecular complexity index is 1360. The third-order valence-corrected chi connectivity index (χ3v) is 8.46. The Morgan fingerprint density at radius 2 is 1.65 bits per heavy atom. The number of nitrogens with zero attached hydrogens (tertiary/aromatic N) is 3. The van der Waals surface area contributed by atoms with Crippen molar-refractivity contribution < 1.29 is 13.2 Å². The second-order valence-electron chi connectivity index (χ2n) is 8.86. The average molecular weight is 483 g/mol. The van der Waals surface area contributed by atoms with Gasteiger partial charge in [0.1, 0.15) is 0 Å². The van der Waals surface area contributed by atoms with E-state index in [-0.39, 0.29) is 28.2 Å². The molecule has 1 fully saturated rings. The third kappa shape index (κ3) is 4.50. The van der Waals surface area contributed by atoms with Crippen LogP contribution in [-0.4, -0.2) is 40.5 Å². The summed E-state index contributed by atoms with van der Waals surface area (Å²) in [5.41, 5.74) is 0.365. The lowest BCUT2D eigenvalue weighted by molar-refractivity contribution is 0.102. The monoisotopic (exact) mass is 482 g/mol. The van der Waals surface area contributed by atoms with Crippen LogP contribution < -0.4 is 10.9 Å². The lowest BCUT2D eigenvalue weighted by Crippen LogP contribution is -2.47. The molecule has 1 N–H and O–H groups in total. The fourth-order valence-electron chi connectivity index (χ4n) is 4.66. The number of carbonyl (C=O) groups excluding carboxylic acids is 1. The summed E-state index contributed by atoms with van der Waals surface area (Å²) >= 11 is 0. The number of hydrogen-bond acceptors (Lipinski definition) is 5. The first-order chi connectivity index (χ1) is 16.2. The highest BCUT2D eigenvalue weighted by atomic mass is 32.2. The van der Waals surface area contributed by atoms with Gasteiger partial charge < -0.3 is 5.32 Å². The van der Waals surface area contributed by atoms with Crippen molar-refractivity contribution in [2.24, 2.45) is 0 Å². The highest BCUT2D eigenvalue weighted by Gasteiger charge is 2.35. The van der Waals surface area contributed by atoms with E-state index in [1.54, 1.807) is 40.7 Å². The zero-order chi connectivity index (χ0) is 24.5. The van der Waals surface area contributed by atoms with Gasteiger partial charge in [-0.05, 0) is 63.4 Å². The Labute approximate surface area is 199 Å². The number of amides is 1. The maximum atomic E-state index is 13.2. The second-order valence-corrected chi connectivity index (χ2v) is 10.7. The summed E-state index contributed by atoms with van der Waals surface area (Å²) in [6.07, 6.45) is 3.42. The Kier molecular flexibility index (Phi) is 6.86. The smallest absolute Gasteiger partial charge is 0.276 e. The largest absolute Gasteiger partial charge is 0.321 e. The van der Waals surface area contributed by atoms with Gasteiger partial charge in [-0.3, -0.25) is 9.59 Å². The van der Waals surface area contributed by atoms with E-state index in [1.165, 1.54) is 16.8 Å². The van der Waals surface area contributed by atoms with Crippen LogP contribution in [0.2, 0.25) is 0 Å². The molecule has 1 aromatic heterocycles. The van der Waals surface area contributed by atoms with Crippen LogP contribution in [0.4, 0.5) is 5.69 Å². The van der Waals surface area contributed by atoms with E-state index >= 15 is 0 Å². The summed E-state index contributed by atoms with van der Waals surface area (Å²) in [6.45, 7) is 6.22. The molecule has 2 aromatic carbocycles. The molecule has 180 valence electrons. The standard InChI is InChI=1S/C25H30N4O4S/c1-4-16-28-25(31)22-11-6-5-10-21(22)23(27-28)24(30)26-19-12-14-20(15-13-19)34(32,33)29-17(2)8-7-9-18(29)3/h5-6,10-15,17-18H,4,7-9,16H2,1-3H3,(H,26,30)/t17-,18-/m0/s1. The van der Waals surface area contributed by atoms with Crippen LogP contribution in [0.5, 0.6) is 0 Å². The minimum Gasteiger partial charge on any atom is -0.321 e. The highest BCUT2D eigenvalue weighted by Crippen LogP contribution is 2.30. The van der Waals surface area contributed by atoms with Gasteiger partial charge in [-0.2, -0.15) is 9.40 Å². The van der Waals surface area contributed by atoms with Crippen LogP contribution in [0.3, 0.4) is 0 Å². The molecule has 1 saturated heterocycles. The van der Waals surface area contributed by atoms with Crippen molar-refractivity contribution in [1.29, 1.82) is 0 Å². The molecular formula is C25H30N4O4S. The molecule has 0 aliphatic carbocycles. The van der Waals surface area contributed by atoms with Gasteiger partial charge in [0.05, 0.1) is 10.3 Å². The number of anilines is 1. The van der Waals surface area contributed by atoms with Gasteiger partial charge >= 0.3 is 0 Å². The zero-order valence-electron chi connectivity index (χ0n) is 19.7. The van der Waals surface area contributed by atoms with Crippen LogP contribution >= 0.6 is 0 Å². The molecule has 2 atom stereocenters. The van der Waals surface area contributed by atoms with E-state index in [0.717, 1.165) is 19.3 Å². The van der Waals surface area contributed by atoms with Crippen LogP contribution in [0.15, 0.2) is 58.2 Å². The van der Waals surface area contributed by atoms with Crippen molar-refractivity contribution in [2.45, 2.75) is 70.0 Å². The van der Waals surface area contributed by atoms with Crippen molar-refractivity contribution in [1.82, 2.24) is 14.1 Å². The number of fused-ring (bicyclic) bond motifs is 1. The first-order valence-electron chi connectivity index (χ1n) is 11.7. The molecule has 4 rings (SSSR count). The molecule has 0 spiro atoms. The number of hydrogen-bond donors (Lipinski definition) is 1. The average Bonchev–Trinajstić information content (AvgIpc) is 2.81. The maximum Gasteiger partial charge on any atom is 0.276 e. The van der Waals surface area contributed by atoms with Gasteiger partial charge in [-0.1, -0.05) is 31.5 Å². The number of aryl methyl sites for hydroxylation is 1. The van der Waals surface area contributed by atoms with Crippen molar-refractivity contribution >= 4 is 32.4 Å². The Morgan fingerprint density at radius 1 is 1.03 bits per heavy atom. The van der Waals surface area contributed by atoms with Gasteiger partial charge in [0.2, 0.25) is 10.0 Å². The topological polar surface area (TPSA) is 101 Å². The second kappa shape index (κ2) is 9.68. The zero-order valence-corrected chi connectivity index (χ0v) is 20.5. The lowest BCUT2D eigenvalue weighted by Gasteiger charge is -2.37. The van der Waals surface area contributed by atoms with Crippen LogP contribution in [0.1, 0.15) is 56.9 Å². The van der Waals surface area contributed by atoms with E-state index in [4.69, 9.17) is 0 Å². The Morgan fingerprint density at radius 3 is 2.26 bits per heavy atom. The van der Waals surface area contributed by atoms with Crippen LogP contribution in [0.25, 0.3) is 10.8 Å². The third-order valence-electron chi connectivity index (χ3n) is 6.32. The quantitative estimate of drug-likeness (QED) is 0.572. The summed E-state index contributed by atoms with van der Waals surface area (Å²) in [4.78, 5) is 26.0. The SMILES string of the molecule is CCCn1nc(C(=O)Nc2ccc(S(=O)(=O)N3[C@@H](C)CCC[C@@H]3C)cc2)c2ccccc2c1=O. The highest BCUT2D eigenvalue weighted by molar-refractivity contribution is 7.89. The molecule has 2 heterocycles.